The predicted octanol–water partition coefficient (Wildman–Crippen LogP) is -9.68. The molecule has 2 amide bonds. The van der Waals surface area contributed by atoms with Crippen molar-refractivity contribution < 1.29 is 96.4 Å². The number of nitrogens with two attached hydrogens (primary N) is 1. The quantitative estimate of drug-likeness (QED) is 0.0475. The fraction of sp³-hybridized carbons (Fsp3) is 0.412. The SMILES string of the molecule is CO/N=C(\C(=O)N[C@@H]1C(=O)N2C(C(=O)[O-])=C(CSc3nnnn3CCNS(=O)(=O)[O-])CS[C@H]12)c1csc(N)n1.[Na+].[Na+]. The first-order valence-corrected chi connectivity index (χ1v) is 14.9. The zero-order valence-corrected chi connectivity index (χ0v) is 28.9. The van der Waals surface area contributed by atoms with E-state index in [4.69, 9.17) is 10.6 Å². The van der Waals surface area contributed by atoms with Crippen LogP contribution in [0.1, 0.15) is 5.69 Å². The molecule has 41 heavy (non-hydrogen) atoms. The van der Waals surface area contributed by atoms with Crippen molar-refractivity contribution in [2.45, 2.75) is 23.1 Å². The van der Waals surface area contributed by atoms with Gasteiger partial charge in [0.25, 0.3) is 11.8 Å². The minimum Gasteiger partial charge on any atom is -0.735 e. The Labute approximate surface area is 289 Å². The first kappa shape index (κ1) is 35.9. The van der Waals surface area contributed by atoms with E-state index in [1.807, 2.05) is 0 Å². The summed E-state index contributed by atoms with van der Waals surface area (Å²) in [4.78, 5) is 47.5. The normalized spacial score (nSPS) is 18.5. The third-order valence-corrected chi connectivity index (χ3v) is 8.78. The molecule has 2 aliphatic rings. The maximum atomic E-state index is 12.9. The van der Waals surface area contributed by atoms with Gasteiger partial charge in [-0.3, -0.25) is 14.5 Å². The van der Waals surface area contributed by atoms with Gasteiger partial charge in [-0.1, -0.05) is 16.9 Å². The Morgan fingerprint density at radius 2 is 2.10 bits per heavy atom. The number of thioether (sulfide) groups is 2. The van der Waals surface area contributed by atoms with E-state index in [2.05, 4.69) is 31.0 Å². The van der Waals surface area contributed by atoms with Crippen molar-refractivity contribution >= 4 is 73.8 Å². The molecule has 1 fully saturated rings. The van der Waals surface area contributed by atoms with Crippen molar-refractivity contribution in [2.24, 2.45) is 5.16 Å². The molecular weight excluding hydrogens is 646 g/mol. The number of fused-ring (bicyclic) bond motifs is 1. The van der Waals surface area contributed by atoms with Crippen LogP contribution in [0.4, 0.5) is 5.13 Å². The van der Waals surface area contributed by atoms with E-state index in [1.54, 1.807) is 4.72 Å². The summed E-state index contributed by atoms with van der Waals surface area (Å²) in [5.41, 5.74) is 5.60. The maximum Gasteiger partial charge on any atom is 1.00 e. The number of oxime groups is 1. The van der Waals surface area contributed by atoms with Gasteiger partial charge in [0, 0.05) is 23.4 Å². The van der Waals surface area contributed by atoms with Crippen LogP contribution in [0.15, 0.2) is 27.0 Å². The zero-order chi connectivity index (χ0) is 28.3. The Balaban J connectivity index is 0.00000294. The molecule has 0 radical (unpaired) electrons. The van der Waals surface area contributed by atoms with Gasteiger partial charge < -0.3 is 30.3 Å². The summed E-state index contributed by atoms with van der Waals surface area (Å²) in [6, 6.07) is -1.04. The molecule has 0 unspecified atom stereocenters. The van der Waals surface area contributed by atoms with Crippen LogP contribution in [0.3, 0.4) is 0 Å². The van der Waals surface area contributed by atoms with Crippen LogP contribution in [0.25, 0.3) is 0 Å². The van der Waals surface area contributed by atoms with Crippen molar-refractivity contribution in [2.75, 3.05) is 30.9 Å². The average Bonchev–Trinajstić information content (AvgIpc) is 3.51. The molecule has 1 saturated heterocycles. The molecule has 210 valence electrons. The smallest absolute Gasteiger partial charge is 0.735 e. The van der Waals surface area contributed by atoms with E-state index in [-0.39, 0.29) is 111 Å². The third kappa shape index (κ3) is 8.63. The van der Waals surface area contributed by atoms with Crippen molar-refractivity contribution in [1.82, 2.24) is 40.1 Å². The Hall–Kier alpha value is -1.31. The van der Waals surface area contributed by atoms with Crippen molar-refractivity contribution in [3.8, 4) is 0 Å². The van der Waals surface area contributed by atoms with Crippen molar-refractivity contribution in [3.63, 3.8) is 0 Å². The van der Waals surface area contributed by atoms with Crippen LogP contribution in [0.5, 0.6) is 0 Å². The second kappa shape index (κ2) is 15.4. The van der Waals surface area contributed by atoms with E-state index < -0.39 is 39.5 Å². The number of hydrogen-bond donors (Lipinski definition) is 3. The number of aromatic nitrogens is 5. The summed E-state index contributed by atoms with van der Waals surface area (Å²) in [6.45, 7) is -0.301. The molecule has 4 heterocycles. The summed E-state index contributed by atoms with van der Waals surface area (Å²) in [5.74, 6) is -2.74. The number of hydrogen-bond acceptors (Lipinski definition) is 17. The number of rotatable bonds is 12. The summed E-state index contributed by atoms with van der Waals surface area (Å²) in [7, 11) is -3.40. The molecule has 0 saturated carbocycles. The van der Waals surface area contributed by atoms with Gasteiger partial charge >= 0.3 is 59.1 Å². The third-order valence-electron chi connectivity index (χ3n) is 5.17. The second-order valence-corrected chi connectivity index (χ2v) is 11.7. The molecule has 0 aromatic carbocycles. The number of carboxylic acid groups (broad SMARTS) is 1. The van der Waals surface area contributed by atoms with Gasteiger partial charge in [-0.05, 0) is 16.0 Å². The van der Waals surface area contributed by atoms with E-state index in [1.165, 1.54) is 28.9 Å². The number of tetrazole rings is 1. The fourth-order valence-electron chi connectivity index (χ4n) is 3.55. The molecule has 0 spiro atoms. The van der Waals surface area contributed by atoms with Crippen LogP contribution < -0.4 is 80.0 Å². The van der Waals surface area contributed by atoms with E-state index in [0.717, 1.165) is 28.0 Å². The predicted molar refractivity (Wildman–Crippen MR) is 133 cm³/mol. The summed E-state index contributed by atoms with van der Waals surface area (Å²) < 4.78 is 35.1. The van der Waals surface area contributed by atoms with Gasteiger partial charge in [0.15, 0.2) is 21.1 Å². The second-order valence-electron chi connectivity index (χ2n) is 7.62. The van der Waals surface area contributed by atoms with E-state index in [0.29, 0.717) is 5.57 Å². The van der Waals surface area contributed by atoms with Gasteiger partial charge in [0.05, 0.1) is 18.2 Å². The monoisotopic (exact) mass is 664 g/mol. The number of thiazole rings is 1. The number of nitrogen functional groups attached to an aromatic ring is 1. The fourth-order valence-corrected chi connectivity index (χ4v) is 6.83. The largest absolute Gasteiger partial charge is 1.00 e. The molecule has 4 rings (SSSR count). The number of anilines is 1. The van der Waals surface area contributed by atoms with Crippen LogP contribution in [-0.4, -0.2) is 103 Å². The number of nitrogens with zero attached hydrogens (tertiary/aromatic N) is 7. The number of carbonyl (C=O) groups excluding carboxylic acids is 3. The molecule has 2 aliphatic heterocycles. The Bertz CT molecular complexity index is 1470. The maximum absolute atomic E-state index is 12.9. The average molecular weight is 665 g/mol. The van der Waals surface area contributed by atoms with Gasteiger partial charge in [-0.15, -0.1) is 28.2 Å². The standard InChI is InChI=1S/C17H20N10O8S4.2Na/c1-35-23-9(8-6-37-16(18)20-8)12(28)21-10-13(29)27-11(15(30)31)7(4-36-14(10)27)5-38-17-22-24-25-26(17)3-2-19-39(32,33)34;;/h6,10,14,19H,2-5H2,1H3,(H2,18,20)(H,21,28)(H,30,31)(H,32,33,34);;/q;2*+1/p-2/b23-9-;;/t10-,14-;;/m1../s1. The molecule has 18 nitrogen and oxygen atoms in total. The Kier molecular flexibility index (Phi) is 13.5. The number of carbonyl (C=O) groups is 3. The molecule has 0 bridgehead atoms. The Morgan fingerprint density at radius 1 is 1.37 bits per heavy atom. The summed E-state index contributed by atoms with van der Waals surface area (Å²) in [5, 5.41) is 30.4. The van der Waals surface area contributed by atoms with Crippen LogP contribution in [0, 0.1) is 0 Å². The number of β-lactam (4-membered cyclic amide) rings is 1. The summed E-state index contributed by atoms with van der Waals surface area (Å²) in [6.07, 6.45) is 0. The molecule has 24 heteroatoms. The summed E-state index contributed by atoms with van der Waals surface area (Å²) >= 11 is 3.36. The van der Waals surface area contributed by atoms with Crippen molar-refractivity contribution in [1.29, 1.82) is 0 Å². The zero-order valence-electron chi connectivity index (χ0n) is 21.7. The Morgan fingerprint density at radius 3 is 2.71 bits per heavy atom. The molecule has 2 aromatic rings. The minimum atomic E-state index is -4.64. The van der Waals surface area contributed by atoms with Crippen LogP contribution in [-0.2, 0) is 36.1 Å². The van der Waals surface area contributed by atoms with Crippen LogP contribution >= 0.6 is 34.9 Å². The molecular formula is C17H18N10Na2O8S4. The molecule has 2 aromatic heterocycles. The van der Waals surface area contributed by atoms with Gasteiger partial charge in [0.1, 0.15) is 24.2 Å². The van der Waals surface area contributed by atoms with Crippen molar-refractivity contribution in [3.05, 3.63) is 22.3 Å². The molecule has 4 N–H and O–H groups in total. The number of nitrogens with one attached hydrogen (secondary N) is 2. The first-order chi connectivity index (χ1) is 18.5. The minimum absolute atomic E-state index is 0. The number of carboxylic acids is 1. The number of aliphatic carboxylic acids is 1. The number of amides is 2. The van der Waals surface area contributed by atoms with Gasteiger partial charge in [-0.2, -0.15) is 0 Å². The van der Waals surface area contributed by atoms with E-state index >= 15 is 0 Å². The molecule has 2 atom stereocenters. The molecule has 0 aliphatic carbocycles. The van der Waals surface area contributed by atoms with Gasteiger partial charge in [0.2, 0.25) is 5.16 Å². The van der Waals surface area contributed by atoms with Gasteiger partial charge in [-0.25, -0.2) is 22.8 Å². The topological polar surface area (TPSA) is 263 Å². The first-order valence-electron chi connectivity index (χ1n) is 10.6. The van der Waals surface area contributed by atoms with Crippen LogP contribution in [0.2, 0.25) is 0 Å². The van der Waals surface area contributed by atoms with E-state index in [9.17, 15) is 32.5 Å².